The molecule has 0 heterocycles. The van der Waals surface area contributed by atoms with Crippen LogP contribution in [-0.4, -0.2) is 57.9 Å². The molecule has 10 nitrogen and oxygen atoms in total. The first-order chi connectivity index (χ1) is 20.4. The first-order valence-corrected chi connectivity index (χ1v) is 16.6. The highest BCUT2D eigenvalue weighted by atomic mass is 32.2. The van der Waals surface area contributed by atoms with E-state index in [0.29, 0.717) is 19.3 Å². The predicted octanol–water partition coefficient (Wildman–Crippen LogP) is 2.87. The molecule has 43 heavy (non-hydrogen) atoms. The molecule has 0 spiro atoms. The average Bonchev–Trinajstić information content (AvgIpc) is 2.98. The van der Waals surface area contributed by atoms with Gasteiger partial charge in [-0.3, -0.25) is 14.4 Å². The van der Waals surface area contributed by atoms with E-state index in [1.54, 1.807) is 38.2 Å². The van der Waals surface area contributed by atoms with Gasteiger partial charge in [0.15, 0.2) is 0 Å². The van der Waals surface area contributed by atoms with Crippen LogP contribution in [0.25, 0.3) is 0 Å². The van der Waals surface area contributed by atoms with E-state index in [-0.39, 0.29) is 35.2 Å². The molecule has 3 amide bonds. The number of benzene rings is 2. The smallest absolute Gasteiger partial charge is 0.243 e. The molecule has 3 rings (SSSR count). The topological polar surface area (TPSA) is 146 Å². The lowest BCUT2D eigenvalue weighted by atomic mass is 9.87. The Morgan fingerprint density at radius 2 is 1.60 bits per heavy atom. The SMILES string of the molecule is CNC(C)C(=O)NC(C(=O)NC(CCCCNS(=O)(=O)c1ccc(C)cc1)C(=O)NC1CCCc2ccccc21)C(C)C. The second-order valence-electron chi connectivity index (χ2n) is 11.7. The molecule has 2 aromatic rings. The van der Waals surface area contributed by atoms with E-state index in [2.05, 4.69) is 32.1 Å². The Hall–Kier alpha value is -3.28. The Morgan fingerprint density at radius 1 is 0.907 bits per heavy atom. The highest BCUT2D eigenvalue weighted by Gasteiger charge is 2.31. The van der Waals surface area contributed by atoms with Crippen LogP contribution < -0.4 is 26.0 Å². The van der Waals surface area contributed by atoms with Crippen LogP contribution in [0.2, 0.25) is 0 Å². The molecule has 0 saturated carbocycles. The summed E-state index contributed by atoms with van der Waals surface area (Å²) in [5.41, 5.74) is 3.27. The van der Waals surface area contributed by atoms with Crippen molar-refractivity contribution in [2.24, 2.45) is 5.92 Å². The van der Waals surface area contributed by atoms with Gasteiger partial charge in [-0.05, 0) is 88.6 Å². The number of hydrogen-bond donors (Lipinski definition) is 5. The fourth-order valence-electron chi connectivity index (χ4n) is 5.13. The van der Waals surface area contributed by atoms with Crippen molar-refractivity contribution in [2.45, 2.75) is 95.3 Å². The number of amides is 3. The van der Waals surface area contributed by atoms with E-state index < -0.39 is 34.1 Å². The molecule has 11 heteroatoms. The van der Waals surface area contributed by atoms with Gasteiger partial charge in [0.05, 0.1) is 17.0 Å². The molecule has 0 aromatic heterocycles. The molecule has 0 fully saturated rings. The van der Waals surface area contributed by atoms with Crippen LogP contribution in [0.3, 0.4) is 0 Å². The Morgan fingerprint density at radius 3 is 2.28 bits per heavy atom. The quantitative estimate of drug-likeness (QED) is 0.195. The summed E-state index contributed by atoms with van der Waals surface area (Å²) in [6, 6.07) is 12.4. The molecule has 1 aliphatic rings. The van der Waals surface area contributed by atoms with Crippen molar-refractivity contribution in [1.82, 2.24) is 26.0 Å². The number of rotatable bonds is 15. The molecule has 4 atom stereocenters. The van der Waals surface area contributed by atoms with Gasteiger partial charge in [0, 0.05) is 6.54 Å². The molecule has 5 N–H and O–H groups in total. The number of unbranched alkanes of at least 4 members (excludes halogenated alkanes) is 1. The van der Waals surface area contributed by atoms with Gasteiger partial charge < -0.3 is 21.3 Å². The molecule has 0 saturated heterocycles. The van der Waals surface area contributed by atoms with E-state index in [1.165, 1.54) is 5.56 Å². The lowest BCUT2D eigenvalue weighted by Gasteiger charge is -2.30. The third-order valence-corrected chi connectivity index (χ3v) is 9.41. The van der Waals surface area contributed by atoms with E-state index in [9.17, 15) is 22.8 Å². The molecule has 2 aromatic carbocycles. The van der Waals surface area contributed by atoms with Crippen molar-refractivity contribution in [2.75, 3.05) is 13.6 Å². The van der Waals surface area contributed by atoms with Crippen molar-refractivity contribution in [3.63, 3.8) is 0 Å². The average molecular weight is 614 g/mol. The fraction of sp³-hybridized carbons (Fsp3) is 0.531. The number of hydrogen-bond acceptors (Lipinski definition) is 6. The lowest BCUT2D eigenvalue weighted by Crippen LogP contribution is -2.57. The molecule has 236 valence electrons. The predicted molar refractivity (Wildman–Crippen MR) is 168 cm³/mol. The molecule has 0 bridgehead atoms. The highest BCUT2D eigenvalue weighted by molar-refractivity contribution is 7.89. The van der Waals surface area contributed by atoms with Crippen molar-refractivity contribution in [3.05, 3.63) is 65.2 Å². The summed E-state index contributed by atoms with van der Waals surface area (Å²) in [5, 5.41) is 11.7. The lowest BCUT2D eigenvalue weighted by molar-refractivity contribution is -0.133. The third-order valence-electron chi connectivity index (χ3n) is 7.94. The molecule has 4 unspecified atom stereocenters. The van der Waals surface area contributed by atoms with E-state index in [0.717, 1.165) is 30.4 Å². The third kappa shape index (κ3) is 9.87. The molecular formula is C32H47N5O5S. The summed E-state index contributed by atoms with van der Waals surface area (Å²) in [7, 11) is -1.98. The summed E-state index contributed by atoms with van der Waals surface area (Å²) >= 11 is 0. The maximum Gasteiger partial charge on any atom is 0.243 e. The fourth-order valence-corrected chi connectivity index (χ4v) is 6.21. The van der Waals surface area contributed by atoms with Crippen molar-refractivity contribution < 1.29 is 22.8 Å². The van der Waals surface area contributed by atoms with Crippen LogP contribution in [0.1, 0.15) is 75.6 Å². The minimum Gasteiger partial charge on any atom is -0.348 e. The second-order valence-corrected chi connectivity index (χ2v) is 13.4. The summed E-state index contributed by atoms with van der Waals surface area (Å²) in [6.45, 7) is 7.46. The largest absolute Gasteiger partial charge is 0.348 e. The second kappa shape index (κ2) is 16.0. The van der Waals surface area contributed by atoms with Gasteiger partial charge in [-0.2, -0.15) is 0 Å². The Bertz CT molecular complexity index is 1350. The molecule has 1 aliphatic carbocycles. The number of carbonyl (C=O) groups excluding carboxylic acids is 3. The van der Waals surface area contributed by atoms with E-state index in [1.807, 2.05) is 39.0 Å². The molecular weight excluding hydrogens is 566 g/mol. The van der Waals surface area contributed by atoms with Crippen LogP contribution in [0.5, 0.6) is 0 Å². The first kappa shape index (κ1) is 34.2. The van der Waals surface area contributed by atoms with Gasteiger partial charge in [0.1, 0.15) is 12.1 Å². The summed E-state index contributed by atoms with van der Waals surface area (Å²) in [6.07, 6.45) is 3.99. The van der Waals surface area contributed by atoms with Gasteiger partial charge in [0.2, 0.25) is 27.7 Å². The maximum atomic E-state index is 13.6. The standard InChI is InChI=1S/C32H47N5O5S/c1-21(2)29(37-30(38)23(4)33-5)32(40)36-28(31(39)35-27-15-10-12-24-11-6-7-13-26(24)27)14-8-9-20-34-43(41,42)25-18-16-22(3)17-19-25/h6-7,11,13,16-19,21,23,27-29,33-34H,8-10,12,14-15,20H2,1-5H3,(H,35,39)(H,36,40)(H,37,38). The van der Waals surface area contributed by atoms with Crippen molar-refractivity contribution in [1.29, 1.82) is 0 Å². The summed E-state index contributed by atoms with van der Waals surface area (Å²) in [4.78, 5) is 39.8. The van der Waals surface area contributed by atoms with Crippen LogP contribution in [0.15, 0.2) is 53.4 Å². The van der Waals surface area contributed by atoms with Gasteiger partial charge in [-0.25, -0.2) is 13.1 Å². The van der Waals surface area contributed by atoms with Gasteiger partial charge >= 0.3 is 0 Å². The monoisotopic (exact) mass is 613 g/mol. The Balaban J connectivity index is 1.68. The van der Waals surface area contributed by atoms with Crippen molar-refractivity contribution in [3.8, 4) is 0 Å². The van der Waals surface area contributed by atoms with E-state index >= 15 is 0 Å². The van der Waals surface area contributed by atoms with Gasteiger partial charge in [-0.15, -0.1) is 0 Å². The summed E-state index contributed by atoms with van der Waals surface area (Å²) < 4.78 is 27.9. The van der Waals surface area contributed by atoms with Crippen LogP contribution in [-0.2, 0) is 30.8 Å². The number of carbonyl (C=O) groups is 3. The highest BCUT2D eigenvalue weighted by Crippen LogP contribution is 2.29. The Kier molecular flexibility index (Phi) is 12.7. The number of likely N-dealkylation sites (N-methyl/N-ethyl adjacent to an activating group) is 1. The minimum absolute atomic E-state index is 0.157. The maximum absolute atomic E-state index is 13.6. The zero-order valence-corrected chi connectivity index (χ0v) is 26.7. The van der Waals surface area contributed by atoms with Gasteiger partial charge in [0.25, 0.3) is 0 Å². The zero-order chi connectivity index (χ0) is 31.6. The van der Waals surface area contributed by atoms with Crippen LogP contribution in [0, 0.1) is 12.8 Å². The first-order valence-electron chi connectivity index (χ1n) is 15.2. The number of fused-ring (bicyclic) bond motifs is 1. The van der Waals surface area contributed by atoms with E-state index in [4.69, 9.17) is 0 Å². The van der Waals surface area contributed by atoms with Crippen LogP contribution >= 0.6 is 0 Å². The Labute approximate surface area is 256 Å². The number of nitrogens with one attached hydrogen (secondary N) is 5. The van der Waals surface area contributed by atoms with Crippen LogP contribution in [0.4, 0.5) is 0 Å². The van der Waals surface area contributed by atoms with Gasteiger partial charge in [-0.1, -0.05) is 55.8 Å². The summed E-state index contributed by atoms with van der Waals surface area (Å²) in [5.74, 6) is -1.25. The molecule has 0 radical (unpaired) electrons. The zero-order valence-electron chi connectivity index (χ0n) is 25.9. The number of aryl methyl sites for hydroxylation is 2. The minimum atomic E-state index is -3.65. The van der Waals surface area contributed by atoms with Crippen molar-refractivity contribution >= 4 is 27.7 Å². The number of sulfonamides is 1. The normalized spacial score (nSPS) is 16.9. The molecule has 0 aliphatic heterocycles.